The maximum atomic E-state index is 11.0. The molecular formula is C11H21NO2. The fourth-order valence-corrected chi connectivity index (χ4v) is 1.81. The molecule has 0 amide bonds. The van der Waals surface area contributed by atoms with Gasteiger partial charge in [-0.3, -0.25) is 9.69 Å². The van der Waals surface area contributed by atoms with Crippen LogP contribution in [-0.4, -0.2) is 34.6 Å². The fourth-order valence-electron chi connectivity index (χ4n) is 1.81. The monoisotopic (exact) mass is 199 g/mol. The van der Waals surface area contributed by atoms with Crippen molar-refractivity contribution >= 4 is 5.97 Å². The molecule has 1 aliphatic rings. The summed E-state index contributed by atoms with van der Waals surface area (Å²) < 4.78 is 0. The Bertz CT molecular complexity index is 223. The van der Waals surface area contributed by atoms with Gasteiger partial charge in [0, 0.05) is 0 Å². The van der Waals surface area contributed by atoms with Crippen molar-refractivity contribution < 1.29 is 9.90 Å². The van der Waals surface area contributed by atoms with Gasteiger partial charge in [0.25, 0.3) is 0 Å². The van der Waals surface area contributed by atoms with Gasteiger partial charge in [0.2, 0.25) is 0 Å². The Morgan fingerprint density at radius 3 is 2.07 bits per heavy atom. The molecule has 0 aromatic heterocycles. The third kappa shape index (κ3) is 2.27. The van der Waals surface area contributed by atoms with Crippen molar-refractivity contribution in [1.29, 1.82) is 0 Å². The third-order valence-electron chi connectivity index (χ3n) is 3.43. The Morgan fingerprint density at radius 1 is 1.29 bits per heavy atom. The van der Waals surface area contributed by atoms with E-state index in [4.69, 9.17) is 5.11 Å². The molecule has 0 aliphatic carbocycles. The Balaban J connectivity index is 2.62. The molecular weight excluding hydrogens is 178 g/mol. The number of hydrogen-bond acceptors (Lipinski definition) is 2. The average Bonchev–Trinajstić information content (AvgIpc) is 2.03. The zero-order chi connectivity index (χ0) is 11.0. The second-order valence-corrected chi connectivity index (χ2v) is 5.52. The van der Waals surface area contributed by atoms with Gasteiger partial charge < -0.3 is 5.11 Å². The molecule has 0 aromatic rings. The summed E-state index contributed by atoms with van der Waals surface area (Å²) in [6.07, 6.45) is 2.17. The SMILES string of the molecule is CC1(C)CCN(C(C)(C)C(=O)O)CC1. The largest absolute Gasteiger partial charge is 0.480 e. The maximum absolute atomic E-state index is 11.0. The van der Waals surface area contributed by atoms with Gasteiger partial charge in [0.1, 0.15) is 5.54 Å². The number of carboxylic acid groups (broad SMARTS) is 1. The van der Waals surface area contributed by atoms with Crippen LogP contribution in [0.4, 0.5) is 0 Å². The highest BCUT2D eigenvalue weighted by atomic mass is 16.4. The first-order chi connectivity index (χ1) is 6.26. The van der Waals surface area contributed by atoms with E-state index in [0.29, 0.717) is 5.41 Å². The maximum Gasteiger partial charge on any atom is 0.323 e. The van der Waals surface area contributed by atoms with Crippen LogP contribution in [0.15, 0.2) is 0 Å². The Morgan fingerprint density at radius 2 is 1.71 bits per heavy atom. The molecule has 0 unspecified atom stereocenters. The summed E-state index contributed by atoms with van der Waals surface area (Å²) in [4.78, 5) is 13.1. The van der Waals surface area contributed by atoms with E-state index in [1.807, 2.05) is 0 Å². The predicted octanol–water partition coefficient (Wildman–Crippen LogP) is 1.97. The first-order valence-corrected chi connectivity index (χ1v) is 5.24. The molecule has 0 spiro atoms. The van der Waals surface area contributed by atoms with Crippen LogP contribution in [0, 0.1) is 5.41 Å². The quantitative estimate of drug-likeness (QED) is 0.739. The summed E-state index contributed by atoms with van der Waals surface area (Å²) in [5.41, 5.74) is -0.332. The van der Waals surface area contributed by atoms with Gasteiger partial charge in [0.15, 0.2) is 0 Å². The number of hydrogen-bond donors (Lipinski definition) is 1. The number of likely N-dealkylation sites (tertiary alicyclic amines) is 1. The molecule has 1 aliphatic heterocycles. The highest BCUT2D eigenvalue weighted by molar-refractivity contribution is 5.77. The van der Waals surface area contributed by atoms with Gasteiger partial charge in [-0.15, -0.1) is 0 Å². The van der Waals surface area contributed by atoms with E-state index in [-0.39, 0.29) is 0 Å². The third-order valence-corrected chi connectivity index (χ3v) is 3.43. The number of aliphatic carboxylic acids is 1. The molecule has 1 N–H and O–H groups in total. The van der Waals surface area contributed by atoms with Crippen molar-refractivity contribution in [3.05, 3.63) is 0 Å². The van der Waals surface area contributed by atoms with Gasteiger partial charge in [-0.25, -0.2) is 0 Å². The molecule has 0 aromatic carbocycles. The lowest BCUT2D eigenvalue weighted by Gasteiger charge is -2.43. The van der Waals surface area contributed by atoms with Crippen LogP contribution >= 0.6 is 0 Å². The van der Waals surface area contributed by atoms with Gasteiger partial charge >= 0.3 is 5.97 Å². The van der Waals surface area contributed by atoms with E-state index < -0.39 is 11.5 Å². The Labute approximate surface area is 86.1 Å². The molecule has 1 fully saturated rings. The summed E-state index contributed by atoms with van der Waals surface area (Å²) >= 11 is 0. The predicted molar refractivity (Wildman–Crippen MR) is 56.3 cm³/mol. The van der Waals surface area contributed by atoms with E-state index in [0.717, 1.165) is 25.9 Å². The smallest absolute Gasteiger partial charge is 0.323 e. The van der Waals surface area contributed by atoms with Crippen molar-refractivity contribution in [2.75, 3.05) is 13.1 Å². The Hall–Kier alpha value is -0.570. The summed E-state index contributed by atoms with van der Waals surface area (Å²) in [5, 5.41) is 9.08. The van der Waals surface area contributed by atoms with E-state index >= 15 is 0 Å². The Kier molecular flexibility index (Phi) is 2.91. The zero-order valence-electron chi connectivity index (χ0n) is 9.63. The van der Waals surface area contributed by atoms with E-state index in [2.05, 4.69) is 18.7 Å². The molecule has 0 bridgehead atoms. The molecule has 1 rings (SSSR count). The van der Waals surface area contributed by atoms with Crippen molar-refractivity contribution in [3.8, 4) is 0 Å². The standard InChI is InChI=1S/C11H21NO2/c1-10(2)5-7-12(8-6-10)11(3,4)9(13)14/h5-8H2,1-4H3,(H,13,14). The van der Waals surface area contributed by atoms with Crippen molar-refractivity contribution in [2.45, 2.75) is 46.1 Å². The summed E-state index contributed by atoms with van der Waals surface area (Å²) in [5.74, 6) is -0.725. The number of nitrogens with zero attached hydrogens (tertiary/aromatic N) is 1. The molecule has 3 heteroatoms. The molecule has 1 saturated heterocycles. The van der Waals surface area contributed by atoms with Crippen molar-refractivity contribution in [2.24, 2.45) is 5.41 Å². The highest BCUT2D eigenvalue weighted by Gasteiger charge is 2.38. The van der Waals surface area contributed by atoms with Crippen LogP contribution in [-0.2, 0) is 4.79 Å². The molecule has 0 saturated carbocycles. The van der Waals surface area contributed by atoms with E-state index in [1.54, 1.807) is 13.8 Å². The van der Waals surface area contributed by atoms with Gasteiger partial charge in [-0.05, 0) is 45.2 Å². The summed E-state index contributed by atoms with van der Waals surface area (Å²) in [6, 6.07) is 0. The first-order valence-electron chi connectivity index (χ1n) is 5.24. The number of carbonyl (C=O) groups is 1. The van der Waals surface area contributed by atoms with Crippen LogP contribution in [0.3, 0.4) is 0 Å². The molecule has 3 nitrogen and oxygen atoms in total. The molecule has 0 radical (unpaired) electrons. The molecule has 0 atom stereocenters. The first kappa shape index (κ1) is 11.5. The number of rotatable bonds is 2. The lowest BCUT2D eigenvalue weighted by atomic mass is 9.81. The van der Waals surface area contributed by atoms with Crippen molar-refractivity contribution in [1.82, 2.24) is 4.90 Å². The van der Waals surface area contributed by atoms with Gasteiger partial charge in [0.05, 0.1) is 0 Å². The highest BCUT2D eigenvalue weighted by Crippen LogP contribution is 2.32. The van der Waals surface area contributed by atoms with Crippen LogP contribution in [0.25, 0.3) is 0 Å². The van der Waals surface area contributed by atoms with E-state index in [1.165, 1.54) is 0 Å². The van der Waals surface area contributed by atoms with Crippen LogP contribution < -0.4 is 0 Å². The van der Waals surface area contributed by atoms with Crippen LogP contribution in [0.5, 0.6) is 0 Å². The average molecular weight is 199 g/mol. The van der Waals surface area contributed by atoms with E-state index in [9.17, 15) is 4.79 Å². The minimum Gasteiger partial charge on any atom is -0.480 e. The van der Waals surface area contributed by atoms with Gasteiger partial charge in [-0.2, -0.15) is 0 Å². The van der Waals surface area contributed by atoms with Crippen LogP contribution in [0.2, 0.25) is 0 Å². The van der Waals surface area contributed by atoms with Gasteiger partial charge in [-0.1, -0.05) is 13.8 Å². The van der Waals surface area contributed by atoms with Crippen LogP contribution in [0.1, 0.15) is 40.5 Å². The minimum absolute atomic E-state index is 0.380. The topological polar surface area (TPSA) is 40.5 Å². The number of carboxylic acids is 1. The summed E-state index contributed by atoms with van der Waals surface area (Å²) in [7, 11) is 0. The second kappa shape index (κ2) is 3.54. The number of piperidine rings is 1. The second-order valence-electron chi connectivity index (χ2n) is 5.52. The lowest BCUT2D eigenvalue weighted by Crippen LogP contribution is -2.54. The minimum atomic E-state index is -0.725. The normalized spacial score (nSPS) is 23.4. The van der Waals surface area contributed by atoms with Crippen molar-refractivity contribution in [3.63, 3.8) is 0 Å². The zero-order valence-corrected chi connectivity index (χ0v) is 9.63. The molecule has 1 heterocycles. The summed E-state index contributed by atoms with van der Waals surface area (Å²) in [6.45, 7) is 9.86. The fraction of sp³-hybridized carbons (Fsp3) is 0.909. The molecule has 14 heavy (non-hydrogen) atoms. The molecule has 82 valence electrons. The lowest BCUT2D eigenvalue weighted by molar-refractivity contribution is -0.150.